The number of benzene rings is 2. The Labute approximate surface area is 125 Å². The van der Waals surface area contributed by atoms with Crippen molar-refractivity contribution >= 4 is 0 Å². The van der Waals surface area contributed by atoms with Gasteiger partial charge in [-0.05, 0) is 60.6 Å². The topological polar surface area (TPSA) is 38.0 Å². The summed E-state index contributed by atoms with van der Waals surface area (Å²) in [7, 11) is 0. The standard InChI is InChI=1S/C18H21FN2/c1-12-9-14(11-15(19)10-12)18(21-20)17-8-4-6-13-5-2-3-7-16(13)17/h2-3,5,7,9-11,17-18,21H,4,6,8,20H2,1H3. The summed E-state index contributed by atoms with van der Waals surface area (Å²) >= 11 is 0. The largest absolute Gasteiger partial charge is 0.271 e. The molecule has 0 amide bonds. The molecule has 21 heavy (non-hydrogen) atoms. The molecule has 0 spiro atoms. The molecule has 0 aromatic heterocycles. The Balaban J connectivity index is 2.01. The molecule has 0 bridgehead atoms. The van der Waals surface area contributed by atoms with Gasteiger partial charge in [-0.3, -0.25) is 11.3 Å². The van der Waals surface area contributed by atoms with Gasteiger partial charge < -0.3 is 0 Å². The van der Waals surface area contributed by atoms with Crippen LogP contribution in [-0.2, 0) is 6.42 Å². The fourth-order valence-electron chi connectivity index (χ4n) is 3.53. The van der Waals surface area contributed by atoms with Gasteiger partial charge >= 0.3 is 0 Å². The molecule has 1 aliphatic carbocycles. The quantitative estimate of drug-likeness (QED) is 0.665. The zero-order chi connectivity index (χ0) is 14.8. The zero-order valence-electron chi connectivity index (χ0n) is 12.3. The van der Waals surface area contributed by atoms with Crippen LogP contribution >= 0.6 is 0 Å². The molecule has 0 saturated heterocycles. The molecule has 0 aliphatic heterocycles. The summed E-state index contributed by atoms with van der Waals surface area (Å²) in [6.07, 6.45) is 3.34. The normalized spacial score (nSPS) is 19.1. The number of halogens is 1. The van der Waals surface area contributed by atoms with Crippen molar-refractivity contribution in [3.8, 4) is 0 Å². The molecule has 3 heteroatoms. The predicted octanol–water partition coefficient (Wildman–Crippen LogP) is 3.76. The summed E-state index contributed by atoms with van der Waals surface area (Å²) in [5, 5.41) is 0. The molecule has 3 N–H and O–H groups in total. The van der Waals surface area contributed by atoms with Gasteiger partial charge in [-0.15, -0.1) is 0 Å². The SMILES string of the molecule is Cc1cc(F)cc(C(NN)C2CCCc3ccccc32)c1. The summed E-state index contributed by atoms with van der Waals surface area (Å²) < 4.78 is 13.7. The van der Waals surface area contributed by atoms with Crippen LogP contribution < -0.4 is 11.3 Å². The minimum Gasteiger partial charge on any atom is -0.271 e. The van der Waals surface area contributed by atoms with Gasteiger partial charge in [-0.2, -0.15) is 0 Å². The highest BCUT2D eigenvalue weighted by Crippen LogP contribution is 2.40. The van der Waals surface area contributed by atoms with E-state index in [0.717, 1.165) is 30.4 Å². The summed E-state index contributed by atoms with van der Waals surface area (Å²) in [5.74, 6) is 5.91. The van der Waals surface area contributed by atoms with Gasteiger partial charge in [0.2, 0.25) is 0 Å². The molecular formula is C18H21FN2. The molecule has 2 aromatic carbocycles. The number of aryl methyl sites for hydroxylation is 2. The van der Waals surface area contributed by atoms with Gasteiger partial charge in [0.05, 0.1) is 6.04 Å². The first-order valence-electron chi connectivity index (χ1n) is 7.50. The molecule has 0 radical (unpaired) electrons. The molecule has 0 heterocycles. The maximum atomic E-state index is 13.7. The van der Waals surface area contributed by atoms with Gasteiger partial charge in [-0.1, -0.05) is 30.3 Å². The molecular weight excluding hydrogens is 263 g/mol. The van der Waals surface area contributed by atoms with E-state index in [-0.39, 0.29) is 11.9 Å². The number of fused-ring (bicyclic) bond motifs is 1. The van der Waals surface area contributed by atoms with E-state index in [1.807, 2.05) is 13.0 Å². The van der Waals surface area contributed by atoms with Gasteiger partial charge in [0, 0.05) is 5.92 Å². The Kier molecular flexibility index (Phi) is 4.04. The molecule has 2 unspecified atom stereocenters. The monoisotopic (exact) mass is 284 g/mol. The highest BCUT2D eigenvalue weighted by molar-refractivity contribution is 5.37. The van der Waals surface area contributed by atoms with Crippen LogP contribution in [0.25, 0.3) is 0 Å². The average molecular weight is 284 g/mol. The number of nitrogens with two attached hydrogens (primary N) is 1. The van der Waals surface area contributed by atoms with Crippen LogP contribution in [0.1, 0.15) is 47.1 Å². The third-order valence-electron chi connectivity index (χ3n) is 4.42. The molecule has 2 nitrogen and oxygen atoms in total. The van der Waals surface area contributed by atoms with E-state index in [1.165, 1.54) is 11.1 Å². The van der Waals surface area contributed by atoms with Crippen molar-refractivity contribution in [2.45, 2.75) is 38.1 Å². The van der Waals surface area contributed by atoms with Gasteiger partial charge in [0.1, 0.15) is 5.82 Å². The molecule has 0 fully saturated rings. The Bertz CT molecular complexity index is 619. The minimum atomic E-state index is -0.200. The number of rotatable bonds is 3. The van der Waals surface area contributed by atoms with Crippen LogP contribution in [0.2, 0.25) is 0 Å². The smallest absolute Gasteiger partial charge is 0.123 e. The lowest BCUT2D eigenvalue weighted by atomic mass is 9.77. The second-order valence-electron chi connectivity index (χ2n) is 5.90. The summed E-state index contributed by atoms with van der Waals surface area (Å²) in [6, 6.07) is 13.6. The van der Waals surface area contributed by atoms with Crippen LogP contribution in [0, 0.1) is 12.7 Å². The first-order chi connectivity index (χ1) is 10.2. The number of hydrogen-bond acceptors (Lipinski definition) is 2. The van der Waals surface area contributed by atoms with Crippen molar-refractivity contribution in [1.29, 1.82) is 0 Å². The Morgan fingerprint density at radius 3 is 2.81 bits per heavy atom. The predicted molar refractivity (Wildman–Crippen MR) is 83.3 cm³/mol. The van der Waals surface area contributed by atoms with Crippen LogP contribution in [0.4, 0.5) is 4.39 Å². The van der Waals surface area contributed by atoms with Crippen molar-refractivity contribution in [2.75, 3.05) is 0 Å². The highest BCUT2D eigenvalue weighted by atomic mass is 19.1. The first kappa shape index (κ1) is 14.2. The van der Waals surface area contributed by atoms with Crippen molar-refractivity contribution in [1.82, 2.24) is 5.43 Å². The van der Waals surface area contributed by atoms with E-state index in [2.05, 4.69) is 29.7 Å². The van der Waals surface area contributed by atoms with Crippen LogP contribution in [0.5, 0.6) is 0 Å². The molecule has 2 aromatic rings. The van der Waals surface area contributed by atoms with E-state index in [1.54, 1.807) is 12.1 Å². The summed E-state index contributed by atoms with van der Waals surface area (Å²) in [4.78, 5) is 0. The third kappa shape index (κ3) is 2.85. The molecule has 1 aliphatic rings. The second kappa shape index (κ2) is 5.96. The van der Waals surface area contributed by atoms with Crippen molar-refractivity contribution < 1.29 is 4.39 Å². The fourth-order valence-corrected chi connectivity index (χ4v) is 3.53. The number of hydrogen-bond donors (Lipinski definition) is 2. The van der Waals surface area contributed by atoms with Gasteiger partial charge in [-0.25, -0.2) is 4.39 Å². The summed E-state index contributed by atoms with van der Waals surface area (Å²) in [6.45, 7) is 1.91. The van der Waals surface area contributed by atoms with Crippen LogP contribution in [-0.4, -0.2) is 0 Å². The van der Waals surface area contributed by atoms with Gasteiger partial charge in [0.25, 0.3) is 0 Å². The second-order valence-corrected chi connectivity index (χ2v) is 5.90. The summed E-state index contributed by atoms with van der Waals surface area (Å²) in [5.41, 5.74) is 7.50. The third-order valence-corrected chi connectivity index (χ3v) is 4.42. The zero-order valence-corrected chi connectivity index (χ0v) is 12.3. The molecule has 2 atom stereocenters. The lowest BCUT2D eigenvalue weighted by Crippen LogP contribution is -2.34. The van der Waals surface area contributed by atoms with E-state index in [4.69, 9.17) is 5.84 Å². The fraction of sp³-hybridized carbons (Fsp3) is 0.333. The van der Waals surface area contributed by atoms with Crippen LogP contribution in [0.15, 0.2) is 42.5 Å². The Hall–Kier alpha value is -1.71. The van der Waals surface area contributed by atoms with E-state index >= 15 is 0 Å². The minimum absolute atomic E-state index is 0.0548. The molecule has 3 rings (SSSR count). The van der Waals surface area contributed by atoms with Gasteiger partial charge in [0.15, 0.2) is 0 Å². The van der Waals surface area contributed by atoms with Crippen LogP contribution in [0.3, 0.4) is 0 Å². The Morgan fingerprint density at radius 1 is 1.24 bits per heavy atom. The lowest BCUT2D eigenvalue weighted by molar-refractivity contribution is 0.406. The van der Waals surface area contributed by atoms with E-state index in [0.29, 0.717) is 5.92 Å². The highest BCUT2D eigenvalue weighted by Gasteiger charge is 2.28. The maximum Gasteiger partial charge on any atom is 0.123 e. The van der Waals surface area contributed by atoms with Crippen molar-refractivity contribution in [2.24, 2.45) is 5.84 Å². The molecule has 110 valence electrons. The van der Waals surface area contributed by atoms with Crippen molar-refractivity contribution in [3.05, 3.63) is 70.5 Å². The average Bonchev–Trinajstić information content (AvgIpc) is 2.47. The number of hydrazine groups is 1. The number of nitrogens with one attached hydrogen (secondary N) is 1. The van der Waals surface area contributed by atoms with E-state index in [9.17, 15) is 4.39 Å². The molecule has 0 saturated carbocycles. The lowest BCUT2D eigenvalue weighted by Gasteiger charge is -2.32. The Morgan fingerprint density at radius 2 is 2.05 bits per heavy atom. The first-order valence-corrected chi connectivity index (χ1v) is 7.50. The maximum absolute atomic E-state index is 13.7. The van der Waals surface area contributed by atoms with E-state index < -0.39 is 0 Å². The van der Waals surface area contributed by atoms with Crippen molar-refractivity contribution in [3.63, 3.8) is 0 Å².